The highest BCUT2D eigenvalue weighted by Gasteiger charge is 2.42. The molecule has 8 N–H and O–H groups in total. The molecule has 0 aliphatic carbocycles. The van der Waals surface area contributed by atoms with E-state index in [0.717, 1.165) is 70.9 Å². The van der Waals surface area contributed by atoms with Gasteiger partial charge < -0.3 is 41.5 Å². The summed E-state index contributed by atoms with van der Waals surface area (Å²) < 4.78 is 0. The summed E-state index contributed by atoms with van der Waals surface area (Å²) >= 11 is 7.52. The number of nitrogens with one attached hydrogen (secondary N) is 3. The van der Waals surface area contributed by atoms with E-state index in [2.05, 4.69) is 32.8 Å². The minimum absolute atomic E-state index is 0.0973. The fourth-order valence-electron chi connectivity index (χ4n) is 8.38. The number of amides is 3. The van der Waals surface area contributed by atoms with Crippen molar-refractivity contribution < 1.29 is 63.9 Å². The fraction of sp³-hybridized carbons (Fsp3) is 0.551. The SMILES string of the molecule is O=C(O)CN(CC(=O)O)Cc1cc(C#Cc2ccc(CC(=S)CCCCCCC(=O)NC(CCCCCC(=O)CCCCC3SCC4NC(=O)NC43)C(=O)O)cc2)cc(CN(CC(=O)O)CC(=O)O)n1. The monoisotopic (exact) mass is 1010 g/mol. The number of unbranched alkanes of at least 4 members (excludes halogenated alkanes) is 6. The first-order valence-corrected chi connectivity index (χ1v) is 25.0. The van der Waals surface area contributed by atoms with Gasteiger partial charge in [-0.1, -0.05) is 68.3 Å². The molecule has 2 aromatic rings. The second kappa shape index (κ2) is 29.9. The number of aromatic nitrogens is 1. The fourth-order valence-corrected chi connectivity index (χ4v) is 10.2. The Balaban J connectivity index is 1.13. The maximum Gasteiger partial charge on any atom is 0.326 e. The maximum absolute atomic E-state index is 12.6. The number of hydrogen-bond donors (Lipinski definition) is 8. The number of nitrogens with zero attached hydrogens (tertiary/aromatic N) is 3. The number of hydrogen-bond acceptors (Lipinski definition) is 13. The molecule has 2 aliphatic rings. The number of rotatable bonds is 34. The first-order valence-electron chi connectivity index (χ1n) is 23.6. The quantitative estimate of drug-likeness (QED) is 0.0207. The summed E-state index contributed by atoms with van der Waals surface area (Å²) in [6.45, 7) is -2.70. The zero-order chi connectivity index (χ0) is 51.0. The molecule has 2 aliphatic heterocycles. The van der Waals surface area contributed by atoms with Crippen molar-refractivity contribution in [3.8, 4) is 11.8 Å². The Labute approximate surface area is 416 Å². The number of pyridine rings is 1. The van der Waals surface area contributed by atoms with Gasteiger partial charge in [0.2, 0.25) is 5.91 Å². The lowest BCUT2D eigenvalue weighted by atomic mass is 10.0. The molecular weight excluding hydrogens is 945 g/mol. The van der Waals surface area contributed by atoms with Crippen molar-refractivity contribution in [2.45, 2.75) is 139 Å². The zero-order valence-electron chi connectivity index (χ0n) is 39.2. The van der Waals surface area contributed by atoms with Crippen molar-refractivity contribution in [2.24, 2.45) is 0 Å². The third-order valence-electron chi connectivity index (χ3n) is 11.7. The highest BCUT2D eigenvalue weighted by atomic mass is 32.2. The molecule has 0 spiro atoms. The molecule has 2 fully saturated rings. The smallest absolute Gasteiger partial charge is 0.326 e. The number of carbonyl (C=O) groups excluding carboxylic acids is 3. The number of thiocarbonyl (C=S) groups is 1. The van der Waals surface area contributed by atoms with Crippen LogP contribution in [0.3, 0.4) is 0 Å². The van der Waals surface area contributed by atoms with Crippen LogP contribution in [0.25, 0.3) is 0 Å². The van der Waals surface area contributed by atoms with Gasteiger partial charge in [-0.05, 0) is 79.6 Å². The topological polar surface area (TPSA) is 293 Å². The average molecular weight is 1010 g/mol. The maximum atomic E-state index is 12.6. The number of thioether (sulfide) groups is 1. The Morgan fingerprint density at radius 1 is 0.700 bits per heavy atom. The van der Waals surface area contributed by atoms with E-state index < -0.39 is 62.1 Å². The predicted octanol–water partition coefficient (Wildman–Crippen LogP) is 4.49. The van der Waals surface area contributed by atoms with Crippen molar-refractivity contribution in [1.29, 1.82) is 0 Å². The average Bonchev–Trinajstić information content (AvgIpc) is 3.83. The van der Waals surface area contributed by atoms with E-state index in [1.807, 2.05) is 36.0 Å². The molecule has 21 heteroatoms. The molecule has 0 bridgehead atoms. The van der Waals surface area contributed by atoms with Crippen LogP contribution in [-0.2, 0) is 53.1 Å². The van der Waals surface area contributed by atoms with Gasteiger partial charge in [-0.15, -0.1) is 0 Å². The molecule has 70 heavy (non-hydrogen) atoms. The summed E-state index contributed by atoms with van der Waals surface area (Å²) in [7, 11) is 0. The molecule has 3 amide bonds. The van der Waals surface area contributed by atoms with Crippen LogP contribution >= 0.6 is 24.0 Å². The molecular formula is C49H64N6O13S2. The normalized spacial score (nSPS) is 16.4. The van der Waals surface area contributed by atoms with Crippen molar-refractivity contribution in [3.63, 3.8) is 0 Å². The first-order chi connectivity index (χ1) is 33.4. The molecule has 1 aromatic carbocycles. The highest BCUT2D eigenvalue weighted by molar-refractivity contribution is 8.00. The molecule has 0 radical (unpaired) electrons. The van der Waals surface area contributed by atoms with Gasteiger partial charge >= 0.3 is 35.9 Å². The second-order valence-electron chi connectivity index (χ2n) is 17.7. The van der Waals surface area contributed by atoms with Crippen molar-refractivity contribution in [1.82, 2.24) is 30.7 Å². The van der Waals surface area contributed by atoms with Gasteiger partial charge in [0.25, 0.3) is 0 Å². The van der Waals surface area contributed by atoms with Crippen LogP contribution < -0.4 is 16.0 Å². The number of Topliss-reactive ketones (excluding diaryl/α,β-unsaturated/α-hetero) is 1. The van der Waals surface area contributed by atoms with E-state index in [1.54, 1.807) is 12.1 Å². The van der Waals surface area contributed by atoms with Crippen LogP contribution in [0.1, 0.15) is 124 Å². The summed E-state index contributed by atoms with van der Waals surface area (Å²) in [4.78, 5) is 102. The number of carboxylic acid groups (broad SMARTS) is 5. The number of benzene rings is 1. The standard InChI is InChI=1S/C49H64N6O13S2/c56-37(11-8-9-14-41-47-40(31-70-41)52-49(68)53-47)10-4-3-6-13-39(48(66)67)51-42(57)15-7-2-1-5-12-38(69)24-33-19-16-32(17-20-33)18-21-34-22-35(25-54(27-43(58)59)28-44(60)61)50-36(23-34)26-55(29-45(62)63)30-46(64)65/h16-17,19-20,22-23,39-41,47H,1-15,24-31H2,(H,51,57)(H,58,59)(H,60,61)(H,62,63)(H,64,65)(H,66,67)(H2,52,53,68). The van der Waals surface area contributed by atoms with Gasteiger partial charge in [-0.3, -0.25) is 43.6 Å². The molecule has 380 valence electrons. The van der Waals surface area contributed by atoms with E-state index in [0.29, 0.717) is 67.7 Å². The Morgan fingerprint density at radius 3 is 1.80 bits per heavy atom. The Hall–Kier alpha value is -5.95. The number of urea groups is 1. The minimum Gasteiger partial charge on any atom is -0.480 e. The summed E-state index contributed by atoms with van der Waals surface area (Å²) in [6, 6.07) is 9.89. The summed E-state index contributed by atoms with van der Waals surface area (Å²) in [6.07, 6.45) is 10.6. The molecule has 4 atom stereocenters. The van der Waals surface area contributed by atoms with Crippen molar-refractivity contribution in [2.75, 3.05) is 31.9 Å². The van der Waals surface area contributed by atoms with Crippen LogP contribution in [0.4, 0.5) is 4.79 Å². The van der Waals surface area contributed by atoms with Gasteiger partial charge in [0.15, 0.2) is 0 Å². The number of fused-ring (bicyclic) bond motifs is 1. The van der Waals surface area contributed by atoms with Crippen LogP contribution in [0.5, 0.6) is 0 Å². The lowest BCUT2D eigenvalue weighted by Crippen LogP contribution is -2.40. The van der Waals surface area contributed by atoms with Crippen LogP contribution in [0.15, 0.2) is 36.4 Å². The summed E-state index contributed by atoms with van der Waals surface area (Å²) in [5.41, 5.74) is 2.57. The van der Waals surface area contributed by atoms with E-state index in [1.165, 1.54) is 0 Å². The molecule has 4 rings (SSSR count). The van der Waals surface area contributed by atoms with Crippen LogP contribution in [0.2, 0.25) is 0 Å². The van der Waals surface area contributed by atoms with E-state index in [4.69, 9.17) is 12.2 Å². The number of ketones is 1. The predicted molar refractivity (Wildman–Crippen MR) is 263 cm³/mol. The third kappa shape index (κ3) is 22.2. The number of carbonyl (C=O) groups is 8. The first kappa shape index (κ1) is 56.6. The third-order valence-corrected chi connectivity index (χ3v) is 13.5. The largest absolute Gasteiger partial charge is 0.480 e. The van der Waals surface area contributed by atoms with Gasteiger partial charge in [0, 0.05) is 60.9 Å². The van der Waals surface area contributed by atoms with Crippen molar-refractivity contribution in [3.05, 3.63) is 64.5 Å². The van der Waals surface area contributed by atoms with Crippen LogP contribution in [-0.4, -0.2) is 148 Å². The van der Waals surface area contributed by atoms with E-state index in [9.17, 15) is 63.9 Å². The molecule has 19 nitrogen and oxygen atoms in total. The summed E-state index contributed by atoms with van der Waals surface area (Å²) in [5, 5.41) is 55.8. The van der Waals surface area contributed by atoms with Crippen molar-refractivity contribution >= 4 is 76.4 Å². The van der Waals surface area contributed by atoms with Gasteiger partial charge in [0.05, 0.1) is 49.7 Å². The lowest BCUT2D eigenvalue weighted by molar-refractivity contribution is -0.144. The second-order valence-corrected chi connectivity index (χ2v) is 19.6. The number of carboxylic acids is 5. The Morgan fingerprint density at radius 2 is 1.23 bits per heavy atom. The zero-order valence-corrected chi connectivity index (χ0v) is 40.8. The molecule has 2 saturated heterocycles. The molecule has 4 unspecified atom stereocenters. The van der Waals surface area contributed by atoms with E-state index in [-0.39, 0.29) is 60.7 Å². The molecule has 1 aromatic heterocycles. The minimum atomic E-state index is -1.25. The Bertz CT molecular complexity index is 2150. The van der Waals surface area contributed by atoms with Crippen LogP contribution in [0, 0.1) is 11.8 Å². The molecule has 3 heterocycles. The Kier molecular flexibility index (Phi) is 24.2. The van der Waals surface area contributed by atoms with Gasteiger partial charge in [0.1, 0.15) is 11.8 Å². The lowest BCUT2D eigenvalue weighted by Gasteiger charge is -2.20. The number of aliphatic carboxylic acids is 5. The van der Waals surface area contributed by atoms with E-state index >= 15 is 0 Å². The summed E-state index contributed by atoms with van der Waals surface area (Å²) in [5.74, 6) is 0.838. The van der Waals surface area contributed by atoms with Gasteiger partial charge in [-0.2, -0.15) is 11.8 Å². The highest BCUT2D eigenvalue weighted by Crippen LogP contribution is 2.33. The molecule has 0 saturated carbocycles. The van der Waals surface area contributed by atoms with Gasteiger partial charge in [-0.25, -0.2) is 9.59 Å².